The van der Waals surface area contributed by atoms with Gasteiger partial charge in [-0.2, -0.15) is 0 Å². The number of rotatable bonds is 1. The Morgan fingerprint density at radius 1 is 1.54 bits per heavy atom. The van der Waals surface area contributed by atoms with E-state index in [-0.39, 0.29) is 6.04 Å². The van der Waals surface area contributed by atoms with Gasteiger partial charge in [-0.25, -0.2) is 0 Å². The summed E-state index contributed by atoms with van der Waals surface area (Å²) in [5.41, 5.74) is 8.61. The SMILES string of the molecule is COc1cc2c(cc1I)CCC2N. The van der Waals surface area contributed by atoms with Gasteiger partial charge in [-0.3, -0.25) is 0 Å². The standard InChI is InChI=1S/C10H12INO/c1-13-10-5-7-6(4-8(10)11)2-3-9(7)12/h4-5,9H,2-3,12H2,1H3. The zero-order chi connectivity index (χ0) is 9.42. The van der Waals surface area contributed by atoms with E-state index in [0.29, 0.717) is 0 Å². The van der Waals surface area contributed by atoms with Gasteiger partial charge in [0.05, 0.1) is 10.7 Å². The maximum absolute atomic E-state index is 5.96. The molecule has 1 aromatic rings. The average Bonchev–Trinajstić information content (AvgIpc) is 2.46. The molecule has 2 N–H and O–H groups in total. The lowest BCUT2D eigenvalue weighted by Crippen LogP contribution is -2.05. The normalized spacial score (nSPS) is 20.1. The van der Waals surface area contributed by atoms with Crippen molar-refractivity contribution < 1.29 is 4.74 Å². The lowest BCUT2D eigenvalue weighted by molar-refractivity contribution is 0.411. The molecule has 70 valence electrons. The van der Waals surface area contributed by atoms with Crippen molar-refractivity contribution >= 4 is 22.6 Å². The van der Waals surface area contributed by atoms with Crippen LogP contribution in [0.5, 0.6) is 5.75 Å². The summed E-state index contributed by atoms with van der Waals surface area (Å²) < 4.78 is 6.43. The Morgan fingerprint density at radius 3 is 3.00 bits per heavy atom. The molecule has 0 aliphatic heterocycles. The van der Waals surface area contributed by atoms with Crippen LogP contribution in [-0.2, 0) is 6.42 Å². The van der Waals surface area contributed by atoms with Crippen molar-refractivity contribution in [1.29, 1.82) is 0 Å². The first-order valence-electron chi connectivity index (χ1n) is 4.34. The predicted octanol–water partition coefficient (Wildman–Crippen LogP) is 2.25. The maximum atomic E-state index is 5.96. The lowest BCUT2D eigenvalue weighted by Gasteiger charge is -2.09. The maximum Gasteiger partial charge on any atom is 0.132 e. The van der Waals surface area contributed by atoms with Crippen LogP contribution in [0.25, 0.3) is 0 Å². The Morgan fingerprint density at radius 2 is 2.31 bits per heavy atom. The molecule has 0 bridgehead atoms. The van der Waals surface area contributed by atoms with Gasteiger partial charge in [0.25, 0.3) is 0 Å². The Hall–Kier alpha value is -0.290. The number of ether oxygens (including phenoxy) is 1. The molecule has 1 aromatic carbocycles. The van der Waals surface area contributed by atoms with E-state index < -0.39 is 0 Å². The fourth-order valence-corrected chi connectivity index (χ4v) is 2.55. The zero-order valence-electron chi connectivity index (χ0n) is 7.51. The minimum Gasteiger partial charge on any atom is -0.496 e. The molecule has 3 heteroatoms. The Labute approximate surface area is 91.6 Å². The molecule has 1 unspecified atom stereocenters. The van der Waals surface area contributed by atoms with Crippen molar-refractivity contribution in [2.45, 2.75) is 18.9 Å². The van der Waals surface area contributed by atoms with Gasteiger partial charge >= 0.3 is 0 Å². The Balaban J connectivity index is 2.51. The fraction of sp³-hybridized carbons (Fsp3) is 0.400. The number of aryl methyl sites for hydroxylation is 1. The third-order valence-electron chi connectivity index (χ3n) is 2.54. The van der Waals surface area contributed by atoms with Crippen LogP contribution in [0, 0.1) is 3.57 Å². The molecule has 1 aliphatic carbocycles. The van der Waals surface area contributed by atoms with E-state index in [1.54, 1.807) is 7.11 Å². The first-order valence-corrected chi connectivity index (χ1v) is 5.42. The second kappa shape index (κ2) is 3.46. The number of nitrogens with two attached hydrogens (primary N) is 1. The van der Waals surface area contributed by atoms with E-state index in [1.807, 2.05) is 0 Å². The van der Waals surface area contributed by atoms with E-state index >= 15 is 0 Å². The Kier molecular flexibility index (Phi) is 2.47. The van der Waals surface area contributed by atoms with Crippen LogP contribution >= 0.6 is 22.6 Å². The molecule has 0 saturated carbocycles. The molecular formula is C10H12INO. The van der Waals surface area contributed by atoms with Crippen LogP contribution in [0.4, 0.5) is 0 Å². The number of hydrogen-bond acceptors (Lipinski definition) is 2. The molecule has 0 heterocycles. The van der Waals surface area contributed by atoms with Crippen molar-refractivity contribution in [1.82, 2.24) is 0 Å². The topological polar surface area (TPSA) is 35.2 Å². The predicted molar refractivity (Wildman–Crippen MR) is 61.0 cm³/mol. The van der Waals surface area contributed by atoms with Gasteiger partial charge in [0.1, 0.15) is 5.75 Å². The van der Waals surface area contributed by atoms with Gasteiger partial charge in [-0.1, -0.05) is 0 Å². The highest BCUT2D eigenvalue weighted by atomic mass is 127. The summed E-state index contributed by atoms with van der Waals surface area (Å²) in [4.78, 5) is 0. The molecular weight excluding hydrogens is 277 g/mol. The van der Waals surface area contributed by atoms with Crippen LogP contribution in [0.3, 0.4) is 0 Å². The van der Waals surface area contributed by atoms with Gasteiger partial charge < -0.3 is 10.5 Å². The summed E-state index contributed by atoms with van der Waals surface area (Å²) in [5, 5.41) is 0. The largest absolute Gasteiger partial charge is 0.496 e. The summed E-state index contributed by atoms with van der Waals surface area (Å²) in [6, 6.07) is 4.47. The van der Waals surface area contributed by atoms with Crippen LogP contribution in [0.15, 0.2) is 12.1 Å². The van der Waals surface area contributed by atoms with Crippen molar-refractivity contribution in [2.24, 2.45) is 5.73 Å². The summed E-state index contributed by atoms with van der Waals surface area (Å²) in [6.45, 7) is 0. The highest BCUT2D eigenvalue weighted by Gasteiger charge is 2.20. The van der Waals surface area contributed by atoms with Crippen LogP contribution in [0.2, 0.25) is 0 Å². The molecule has 0 saturated heterocycles. The minimum absolute atomic E-state index is 0.209. The summed E-state index contributed by atoms with van der Waals surface area (Å²) >= 11 is 2.30. The lowest BCUT2D eigenvalue weighted by atomic mass is 10.1. The summed E-state index contributed by atoms with van der Waals surface area (Å²) in [7, 11) is 1.70. The van der Waals surface area contributed by atoms with Gasteiger partial charge in [0.2, 0.25) is 0 Å². The van der Waals surface area contributed by atoms with E-state index in [4.69, 9.17) is 10.5 Å². The second-order valence-electron chi connectivity index (χ2n) is 3.33. The van der Waals surface area contributed by atoms with E-state index in [2.05, 4.69) is 34.7 Å². The van der Waals surface area contributed by atoms with Crippen LogP contribution in [0.1, 0.15) is 23.6 Å². The van der Waals surface area contributed by atoms with Crippen molar-refractivity contribution in [3.05, 3.63) is 26.8 Å². The van der Waals surface area contributed by atoms with Crippen molar-refractivity contribution in [3.63, 3.8) is 0 Å². The molecule has 2 nitrogen and oxygen atoms in total. The Bertz CT molecular complexity index is 338. The zero-order valence-corrected chi connectivity index (χ0v) is 9.67. The monoisotopic (exact) mass is 289 g/mol. The molecule has 0 aromatic heterocycles. The van der Waals surface area contributed by atoms with Crippen LogP contribution in [-0.4, -0.2) is 7.11 Å². The smallest absolute Gasteiger partial charge is 0.132 e. The van der Waals surface area contributed by atoms with Gasteiger partial charge in [-0.05, 0) is 58.7 Å². The highest BCUT2D eigenvalue weighted by Crippen LogP contribution is 2.34. The average molecular weight is 289 g/mol. The summed E-state index contributed by atoms with van der Waals surface area (Å²) in [5.74, 6) is 0.941. The fourth-order valence-electron chi connectivity index (χ4n) is 1.79. The molecule has 1 aliphatic rings. The van der Waals surface area contributed by atoms with Gasteiger partial charge in [0, 0.05) is 6.04 Å². The summed E-state index contributed by atoms with van der Waals surface area (Å²) in [6.07, 6.45) is 2.18. The van der Waals surface area contributed by atoms with E-state index in [9.17, 15) is 0 Å². The molecule has 0 fully saturated rings. The van der Waals surface area contributed by atoms with Gasteiger partial charge in [-0.15, -0.1) is 0 Å². The molecule has 2 rings (SSSR count). The van der Waals surface area contributed by atoms with E-state index in [1.165, 1.54) is 14.7 Å². The number of fused-ring (bicyclic) bond motifs is 1. The first kappa shape index (κ1) is 9.27. The van der Waals surface area contributed by atoms with Gasteiger partial charge in [0.15, 0.2) is 0 Å². The molecule has 0 amide bonds. The second-order valence-corrected chi connectivity index (χ2v) is 4.49. The van der Waals surface area contributed by atoms with Crippen molar-refractivity contribution in [3.8, 4) is 5.75 Å². The highest BCUT2D eigenvalue weighted by molar-refractivity contribution is 14.1. The molecule has 0 radical (unpaired) electrons. The number of benzene rings is 1. The third kappa shape index (κ3) is 1.55. The minimum atomic E-state index is 0.209. The third-order valence-corrected chi connectivity index (χ3v) is 3.38. The number of halogens is 1. The quantitative estimate of drug-likeness (QED) is 0.805. The molecule has 13 heavy (non-hydrogen) atoms. The number of methoxy groups -OCH3 is 1. The van der Waals surface area contributed by atoms with Crippen LogP contribution < -0.4 is 10.5 Å². The number of hydrogen-bond donors (Lipinski definition) is 1. The first-order chi connectivity index (χ1) is 6.22. The molecule has 1 atom stereocenters. The molecule has 0 spiro atoms. The van der Waals surface area contributed by atoms with E-state index in [0.717, 1.165) is 18.6 Å². The van der Waals surface area contributed by atoms with Crippen molar-refractivity contribution in [2.75, 3.05) is 7.11 Å².